The Morgan fingerprint density at radius 1 is 1.11 bits per heavy atom. The van der Waals surface area contributed by atoms with Crippen LogP contribution in [-0.4, -0.2) is 18.2 Å². The molecule has 0 aromatic heterocycles. The molecule has 0 spiro atoms. The summed E-state index contributed by atoms with van der Waals surface area (Å²) in [7, 11) is 0. The van der Waals surface area contributed by atoms with Gasteiger partial charge in [0.05, 0.1) is 0 Å². The van der Waals surface area contributed by atoms with Crippen LogP contribution in [0.15, 0.2) is 0 Å². The topological polar surface area (TPSA) is 46.2 Å². The first-order valence-corrected chi connectivity index (χ1v) is 6.87. The van der Waals surface area contributed by atoms with Gasteiger partial charge in [0.25, 0.3) is 0 Å². The zero-order chi connectivity index (χ0) is 14.6. The van der Waals surface area contributed by atoms with Crippen molar-refractivity contribution in [1.29, 1.82) is 0 Å². The standard InChI is InChI=1S/C15H29NO2/c1-8-9-16-12(17)10-14(4,5)15(6,7)13(18)11(2)3/h11H,8-10H2,1-7H3,(H,16,17). The van der Waals surface area contributed by atoms with Gasteiger partial charge in [0.1, 0.15) is 5.78 Å². The fourth-order valence-electron chi connectivity index (χ4n) is 2.00. The summed E-state index contributed by atoms with van der Waals surface area (Å²) in [6.45, 7) is 14.4. The molecule has 0 bridgehead atoms. The highest BCUT2D eigenvalue weighted by atomic mass is 16.1. The zero-order valence-electron chi connectivity index (χ0n) is 13.0. The van der Waals surface area contributed by atoms with Crippen molar-refractivity contribution in [2.75, 3.05) is 6.54 Å². The summed E-state index contributed by atoms with van der Waals surface area (Å²) in [5.74, 6) is 0.250. The molecule has 0 radical (unpaired) electrons. The highest BCUT2D eigenvalue weighted by Gasteiger charge is 2.44. The fraction of sp³-hybridized carbons (Fsp3) is 0.867. The summed E-state index contributed by atoms with van der Waals surface area (Å²) in [5.41, 5.74) is -0.836. The van der Waals surface area contributed by atoms with Crippen molar-refractivity contribution < 1.29 is 9.59 Å². The molecule has 1 amide bonds. The molecule has 0 aliphatic rings. The van der Waals surface area contributed by atoms with Gasteiger partial charge in [0.2, 0.25) is 5.91 Å². The predicted molar refractivity (Wildman–Crippen MR) is 75.3 cm³/mol. The number of rotatable bonds is 7. The van der Waals surface area contributed by atoms with Crippen molar-refractivity contribution >= 4 is 11.7 Å². The molecule has 0 fully saturated rings. The van der Waals surface area contributed by atoms with Crippen LogP contribution < -0.4 is 5.32 Å². The normalized spacial score (nSPS) is 12.7. The lowest BCUT2D eigenvalue weighted by Gasteiger charge is -2.41. The first-order valence-electron chi connectivity index (χ1n) is 6.87. The molecule has 0 rings (SSSR count). The Balaban J connectivity index is 4.80. The molecule has 0 aliphatic carbocycles. The van der Waals surface area contributed by atoms with Crippen LogP contribution in [0.3, 0.4) is 0 Å². The van der Waals surface area contributed by atoms with Crippen LogP contribution in [0.25, 0.3) is 0 Å². The van der Waals surface area contributed by atoms with E-state index in [9.17, 15) is 9.59 Å². The van der Waals surface area contributed by atoms with E-state index >= 15 is 0 Å². The monoisotopic (exact) mass is 255 g/mol. The van der Waals surface area contributed by atoms with Crippen LogP contribution in [0.1, 0.15) is 61.3 Å². The quantitative estimate of drug-likeness (QED) is 0.759. The minimum absolute atomic E-state index is 0.00187. The van der Waals surface area contributed by atoms with E-state index in [1.165, 1.54) is 0 Å². The number of hydrogen-bond donors (Lipinski definition) is 1. The Morgan fingerprint density at radius 3 is 2.00 bits per heavy atom. The average Bonchev–Trinajstić information content (AvgIpc) is 2.24. The third-order valence-corrected chi connectivity index (χ3v) is 4.01. The van der Waals surface area contributed by atoms with E-state index in [2.05, 4.69) is 5.32 Å². The third-order valence-electron chi connectivity index (χ3n) is 4.01. The molecule has 0 aromatic rings. The van der Waals surface area contributed by atoms with Crippen LogP contribution in [0.4, 0.5) is 0 Å². The number of hydrogen-bond acceptors (Lipinski definition) is 2. The summed E-state index contributed by atoms with van der Waals surface area (Å²) in [5, 5.41) is 2.88. The smallest absolute Gasteiger partial charge is 0.220 e. The van der Waals surface area contributed by atoms with Crippen molar-refractivity contribution in [3.05, 3.63) is 0 Å². The average molecular weight is 255 g/mol. The minimum atomic E-state index is -0.495. The summed E-state index contributed by atoms with van der Waals surface area (Å²) >= 11 is 0. The van der Waals surface area contributed by atoms with E-state index < -0.39 is 5.41 Å². The Bertz CT molecular complexity index is 304. The third kappa shape index (κ3) is 4.11. The van der Waals surface area contributed by atoms with Gasteiger partial charge in [0, 0.05) is 24.3 Å². The highest BCUT2D eigenvalue weighted by Crippen LogP contribution is 2.43. The van der Waals surface area contributed by atoms with E-state index in [0.717, 1.165) is 6.42 Å². The van der Waals surface area contributed by atoms with Crippen LogP contribution in [0.2, 0.25) is 0 Å². The molecule has 0 heterocycles. The molecule has 106 valence electrons. The Kier molecular flexibility index (Phi) is 6.05. The maximum absolute atomic E-state index is 12.3. The molecule has 3 heteroatoms. The highest BCUT2D eigenvalue weighted by molar-refractivity contribution is 5.87. The Morgan fingerprint density at radius 2 is 1.61 bits per heavy atom. The Labute approximate surface area is 112 Å². The maximum atomic E-state index is 12.3. The van der Waals surface area contributed by atoms with Crippen LogP contribution in [-0.2, 0) is 9.59 Å². The van der Waals surface area contributed by atoms with E-state index in [1.54, 1.807) is 0 Å². The van der Waals surface area contributed by atoms with E-state index in [1.807, 2.05) is 48.5 Å². The van der Waals surface area contributed by atoms with Crippen molar-refractivity contribution in [2.45, 2.75) is 61.3 Å². The van der Waals surface area contributed by atoms with Crippen LogP contribution in [0.5, 0.6) is 0 Å². The van der Waals surface area contributed by atoms with Gasteiger partial charge in [-0.2, -0.15) is 0 Å². The lowest BCUT2D eigenvalue weighted by molar-refractivity contribution is -0.138. The minimum Gasteiger partial charge on any atom is -0.356 e. The van der Waals surface area contributed by atoms with Gasteiger partial charge in [-0.3, -0.25) is 9.59 Å². The van der Waals surface area contributed by atoms with E-state index in [0.29, 0.717) is 13.0 Å². The summed E-state index contributed by atoms with van der Waals surface area (Å²) < 4.78 is 0. The molecule has 0 aromatic carbocycles. The largest absolute Gasteiger partial charge is 0.356 e. The van der Waals surface area contributed by atoms with Gasteiger partial charge in [-0.1, -0.05) is 48.5 Å². The van der Waals surface area contributed by atoms with Crippen LogP contribution in [0, 0.1) is 16.7 Å². The molecule has 0 saturated heterocycles. The first kappa shape index (κ1) is 17.1. The second-order valence-corrected chi connectivity index (χ2v) is 6.55. The molecule has 0 aliphatic heterocycles. The number of nitrogens with one attached hydrogen (secondary N) is 1. The lowest BCUT2D eigenvalue weighted by atomic mass is 9.62. The molecule has 3 nitrogen and oxygen atoms in total. The SMILES string of the molecule is CCCNC(=O)CC(C)(C)C(C)(C)C(=O)C(C)C. The Hall–Kier alpha value is -0.860. The van der Waals surface area contributed by atoms with Gasteiger partial charge in [0.15, 0.2) is 0 Å². The van der Waals surface area contributed by atoms with Crippen molar-refractivity contribution in [3.8, 4) is 0 Å². The maximum Gasteiger partial charge on any atom is 0.220 e. The molecule has 0 atom stereocenters. The number of carbonyl (C=O) groups is 2. The van der Waals surface area contributed by atoms with Gasteiger partial charge < -0.3 is 5.32 Å². The fourth-order valence-corrected chi connectivity index (χ4v) is 2.00. The van der Waals surface area contributed by atoms with E-state index in [4.69, 9.17) is 0 Å². The predicted octanol–water partition coefficient (Wildman–Crippen LogP) is 3.18. The number of amides is 1. The van der Waals surface area contributed by atoms with Crippen molar-refractivity contribution in [3.63, 3.8) is 0 Å². The van der Waals surface area contributed by atoms with E-state index in [-0.39, 0.29) is 23.0 Å². The summed E-state index contributed by atoms with van der Waals surface area (Å²) in [4.78, 5) is 24.1. The summed E-state index contributed by atoms with van der Waals surface area (Å²) in [6, 6.07) is 0. The van der Waals surface area contributed by atoms with Gasteiger partial charge >= 0.3 is 0 Å². The zero-order valence-corrected chi connectivity index (χ0v) is 13.0. The lowest BCUT2D eigenvalue weighted by Crippen LogP contribution is -2.44. The molecule has 0 saturated carbocycles. The molecule has 18 heavy (non-hydrogen) atoms. The second-order valence-electron chi connectivity index (χ2n) is 6.55. The molecule has 0 unspecified atom stereocenters. The number of ketones is 1. The van der Waals surface area contributed by atoms with Gasteiger partial charge in [-0.15, -0.1) is 0 Å². The molecular formula is C15H29NO2. The van der Waals surface area contributed by atoms with Crippen molar-refractivity contribution in [1.82, 2.24) is 5.32 Å². The van der Waals surface area contributed by atoms with Crippen molar-refractivity contribution in [2.24, 2.45) is 16.7 Å². The van der Waals surface area contributed by atoms with Gasteiger partial charge in [-0.05, 0) is 11.8 Å². The molecule has 1 N–H and O–H groups in total. The van der Waals surface area contributed by atoms with Gasteiger partial charge in [-0.25, -0.2) is 0 Å². The summed E-state index contributed by atoms with van der Waals surface area (Å²) in [6.07, 6.45) is 1.32. The second kappa shape index (κ2) is 6.35. The number of carbonyl (C=O) groups excluding carboxylic acids is 2. The first-order chi connectivity index (χ1) is 8.06. The van der Waals surface area contributed by atoms with Crippen LogP contribution >= 0.6 is 0 Å². The molecular weight excluding hydrogens is 226 g/mol. The number of Topliss-reactive ketones (excluding diaryl/α,β-unsaturated/α-hetero) is 1.